The number of nitrogens with one attached hydrogen (secondary N) is 1. The van der Waals surface area contributed by atoms with E-state index in [0.717, 1.165) is 17.9 Å². The molecule has 0 bridgehead atoms. The summed E-state index contributed by atoms with van der Waals surface area (Å²) in [6.07, 6.45) is 2.62. The molecule has 1 aromatic heterocycles. The third kappa shape index (κ3) is 4.00. The lowest BCUT2D eigenvalue weighted by Crippen LogP contribution is -2.04. The van der Waals surface area contributed by atoms with Crippen LogP contribution in [0, 0.1) is 0 Å². The molecule has 0 unspecified atom stereocenters. The molecule has 1 heterocycles. The lowest BCUT2D eigenvalue weighted by molar-refractivity contribution is 0.935. The van der Waals surface area contributed by atoms with E-state index in [1.807, 2.05) is 24.3 Å². The van der Waals surface area contributed by atoms with Crippen LogP contribution in [0.4, 0.5) is 5.95 Å². The minimum atomic E-state index is 0.520. The van der Waals surface area contributed by atoms with E-state index in [2.05, 4.69) is 22.2 Å². The van der Waals surface area contributed by atoms with Crippen LogP contribution in [-0.2, 0) is 0 Å². The molecular formula is C13H13Cl2N3S. The smallest absolute Gasteiger partial charge is 0.223 e. The lowest BCUT2D eigenvalue weighted by atomic mass is 10.4. The molecule has 2 rings (SSSR count). The quantitative estimate of drug-likeness (QED) is 0.808. The molecule has 0 aliphatic heterocycles. The summed E-state index contributed by atoms with van der Waals surface area (Å²) in [5.74, 6) is 0.584. The normalized spacial score (nSPS) is 10.5. The Labute approximate surface area is 126 Å². The SMILES string of the molecule is CCCNc1ncc(Cl)c(Sc2ccccc2Cl)n1. The van der Waals surface area contributed by atoms with E-state index in [0.29, 0.717) is 21.0 Å². The fraction of sp³-hybridized carbons (Fsp3) is 0.231. The average Bonchev–Trinajstić information content (AvgIpc) is 2.42. The number of aromatic nitrogens is 2. The van der Waals surface area contributed by atoms with Gasteiger partial charge in [0.2, 0.25) is 5.95 Å². The van der Waals surface area contributed by atoms with Crippen molar-refractivity contribution in [2.75, 3.05) is 11.9 Å². The first kappa shape index (κ1) is 14.4. The van der Waals surface area contributed by atoms with Crippen LogP contribution in [0.3, 0.4) is 0 Å². The first-order valence-electron chi connectivity index (χ1n) is 5.89. The van der Waals surface area contributed by atoms with E-state index >= 15 is 0 Å². The maximum absolute atomic E-state index is 6.13. The highest BCUT2D eigenvalue weighted by molar-refractivity contribution is 7.99. The molecule has 1 N–H and O–H groups in total. The number of nitrogens with zero attached hydrogens (tertiary/aromatic N) is 2. The Bertz CT molecular complexity index is 563. The summed E-state index contributed by atoms with van der Waals surface area (Å²) >= 11 is 13.7. The zero-order valence-corrected chi connectivity index (χ0v) is 12.7. The maximum Gasteiger partial charge on any atom is 0.223 e. The van der Waals surface area contributed by atoms with E-state index in [9.17, 15) is 0 Å². The Morgan fingerprint density at radius 3 is 2.74 bits per heavy atom. The second-order valence-electron chi connectivity index (χ2n) is 3.81. The van der Waals surface area contributed by atoms with Gasteiger partial charge in [-0.1, -0.05) is 54.0 Å². The van der Waals surface area contributed by atoms with Crippen molar-refractivity contribution in [3.63, 3.8) is 0 Å². The molecule has 0 fully saturated rings. The molecule has 0 radical (unpaired) electrons. The van der Waals surface area contributed by atoms with E-state index in [1.165, 1.54) is 11.8 Å². The molecular weight excluding hydrogens is 301 g/mol. The molecule has 0 spiro atoms. The minimum Gasteiger partial charge on any atom is -0.354 e. The molecule has 0 aliphatic rings. The van der Waals surface area contributed by atoms with E-state index in [-0.39, 0.29) is 0 Å². The van der Waals surface area contributed by atoms with Crippen molar-refractivity contribution in [3.05, 3.63) is 40.5 Å². The van der Waals surface area contributed by atoms with Gasteiger partial charge in [-0.2, -0.15) is 0 Å². The van der Waals surface area contributed by atoms with Gasteiger partial charge in [0.15, 0.2) is 0 Å². The van der Waals surface area contributed by atoms with Crippen molar-refractivity contribution < 1.29 is 0 Å². The third-order valence-electron chi connectivity index (χ3n) is 2.29. The number of anilines is 1. The van der Waals surface area contributed by atoms with Gasteiger partial charge >= 0.3 is 0 Å². The van der Waals surface area contributed by atoms with Crippen molar-refractivity contribution in [2.45, 2.75) is 23.3 Å². The Kier molecular flexibility index (Phi) is 5.31. The van der Waals surface area contributed by atoms with Gasteiger partial charge in [-0.15, -0.1) is 0 Å². The van der Waals surface area contributed by atoms with Crippen LogP contribution < -0.4 is 5.32 Å². The number of hydrogen-bond donors (Lipinski definition) is 1. The van der Waals surface area contributed by atoms with Gasteiger partial charge < -0.3 is 5.32 Å². The summed E-state index contributed by atoms with van der Waals surface area (Å²) in [5.41, 5.74) is 0. The van der Waals surface area contributed by atoms with Crippen LogP contribution in [0.5, 0.6) is 0 Å². The van der Waals surface area contributed by atoms with Crippen LogP contribution in [0.15, 0.2) is 40.4 Å². The zero-order chi connectivity index (χ0) is 13.7. The molecule has 0 amide bonds. The molecule has 3 nitrogen and oxygen atoms in total. The standard InChI is InChI=1S/C13H13Cl2N3S/c1-2-7-16-13-17-8-10(15)12(18-13)19-11-6-4-3-5-9(11)14/h3-6,8H,2,7H2,1H3,(H,16,17,18). The van der Waals surface area contributed by atoms with Crippen molar-refractivity contribution in [1.82, 2.24) is 9.97 Å². The van der Waals surface area contributed by atoms with Gasteiger partial charge in [-0.25, -0.2) is 9.97 Å². The number of hydrogen-bond acceptors (Lipinski definition) is 4. The topological polar surface area (TPSA) is 37.8 Å². The predicted octanol–water partition coefficient (Wildman–Crippen LogP) is 4.76. The monoisotopic (exact) mass is 313 g/mol. The highest BCUT2D eigenvalue weighted by Gasteiger charge is 2.09. The highest BCUT2D eigenvalue weighted by Crippen LogP contribution is 2.35. The molecule has 0 saturated carbocycles. The van der Waals surface area contributed by atoms with Gasteiger partial charge in [-0.05, 0) is 18.6 Å². The Morgan fingerprint density at radius 1 is 1.21 bits per heavy atom. The number of benzene rings is 1. The summed E-state index contributed by atoms with van der Waals surface area (Å²) in [4.78, 5) is 9.46. The molecule has 6 heteroatoms. The van der Waals surface area contributed by atoms with Gasteiger partial charge in [-0.3, -0.25) is 0 Å². The second-order valence-corrected chi connectivity index (χ2v) is 5.65. The molecule has 19 heavy (non-hydrogen) atoms. The zero-order valence-electron chi connectivity index (χ0n) is 10.4. The first-order chi connectivity index (χ1) is 9.20. The van der Waals surface area contributed by atoms with Crippen LogP contribution in [0.1, 0.15) is 13.3 Å². The Hall–Kier alpha value is -0.970. The molecule has 100 valence electrons. The Balaban J connectivity index is 2.21. The third-order valence-corrected chi connectivity index (χ3v) is 4.20. The molecule has 2 aromatic rings. The van der Waals surface area contributed by atoms with Crippen molar-refractivity contribution >= 4 is 40.9 Å². The first-order valence-corrected chi connectivity index (χ1v) is 7.46. The number of halogens is 2. The fourth-order valence-corrected chi connectivity index (χ4v) is 2.64. The summed E-state index contributed by atoms with van der Waals surface area (Å²) in [6.45, 7) is 2.92. The van der Waals surface area contributed by atoms with Gasteiger partial charge in [0.05, 0.1) is 16.2 Å². The summed E-state index contributed by atoms with van der Waals surface area (Å²) < 4.78 is 0. The van der Waals surface area contributed by atoms with Crippen molar-refractivity contribution in [2.24, 2.45) is 0 Å². The Morgan fingerprint density at radius 2 is 2.00 bits per heavy atom. The molecule has 0 atom stereocenters. The van der Waals surface area contributed by atoms with Crippen molar-refractivity contribution in [1.29, 1.82) is 0 Å². The van der Waals surface area contributed by atoms with Gasteiger partial charge in [0, 0.05) is 11.4 Å². The van der Waals surface area contributed by atoms with Crippen LogP contribution >= 0.6 is 35.0 Å². The minimum absolute atomic E-state index is 0.520. The summed E-state index contributed by atoms with van der Waals surface area (Å²) in [5, 5.41) is 5.04. The van der Waals surface area contributed by atoms with Crippen LogP contribution in [0.25, 0.3) is 0 Å². The van der Waals surface area contributed by atoms with Gasteiger partial charge in [0.25, 0.3) is 0 Å². The number of rotatable bonds is 5. The highest BCUT2D eigenvalue weighted by atomic mass is 35.5. The molecule has 1 aromatic carbocycles. The van der Waals surface area contributed by atoms with Crippen LogP contribution in [-0.4, -0.2) is 16.5 Å². The predicted molar refractivity (Wildman–Crippen MR) is 81.4 cm³/mol. The van der Waals surface area contributed by atoms with Crippen molar-refractivity contribution in [3.8, 4) is 0 Å². The van der Waals surface area contributed by atoms with E-state index in [1.54, 1.807) is 6.20 Å². The van der Waals surface area contributed by atoms with E-state index in [4.69, 9.17) is 23.2 Å². The average molecular weight is 314 g/mol. The fourth-order valence-electron chi connectivity index (χ4n) is 1.38. The van der Waals surface area contributed by atoms with Crippen LogP contribution in [0.2, 0.25) is 10.0 Å². The summed E-state index contributed by atoms with van der Waals surface area (Å²) in [7, 11) is 0. The largest absolute Gasteiger partial charge is 0.354 e. The molecule has 0 aliphatic carbocycles. The summed E-state index contributed by atoms with van der Waals surface area (Å²) in [6, 6.07) is 7.60. The maximum atomic E-state index is 6.13. The van der Waals surface area contributed by atoms with E-state index < -0.39 is 0 Å². The lowest BCUT2D eigenvalue weighted by Gasteiger charge is -2.07. The van der Waals surface area contributed by atoms with Gasteiger partial charge in [0.1, 0.15) is 5.03 Å². The second kappa shape index (κ2) is 6.98. The molecule has 0 saturated heterocycles.